The van der Waals surface area contributed by atoms with Crippen molar-refractivity contribution < 1.29 is 13.6 Å². The molecule has 4 unspecified atom stereocenters. The molecule has 0 aliphatic carbocycles. The zero-order valence-electron chi connectivity index (χ0n) is 27.1. The zero-order valence-corrected chi connectivity index (χ0v) is 28.6. The number of carbonyl (C=O) groups is 1. The Hall–Kier alpha value is -4.09. The van der Waals surface area contributed by atoms with Gasteiger partial charge in [-0.1, -0.05) is 47.5 Å². The highest BCUT2D eigenvalue weighted by Gasteiger charge is 2.41. The first-order valence-corrected chi connectivity index (χ1v) is 17.5. The Kier molecular flexibility index (Phi) is 8.75. The van der Waals surface area contributed by atoms with E-state index in [1.165, 1.54) is 0 Å². The van der Waals surface area contributed by atoms with Gasteiger partial charge in [0.25, 0.3) is 0 Å². The fourth-order valence-electron chi connectivity index (χ4n) is 7.65. The molecule has 256 valence electrons. The number of nitrogens with two attached hydrogens (primary N) is 2. The molecule has 2 aliphatic heterocycles. The lowest BCUT2D eigenvalue weighted by Gasteiger charge is -2.21. The number of fused-ring (bicyclic) bond motifs is 4. The molecule has 2 aliphatic rings. The van der Waals surface area contributed by atoms with E-state index in [1.807, 2.05) is 72.8 Å². The first kappa shape index (κ1) is 33.1. The summed E-state index contributed by atoms with van der Waals surface area (Å²) in [6.07, 6.45) is 0.511. The topological polar surface area (TPSA) is 125 Å². The highest BCUT2D eigenvalue weighted by Crippen LogP contribution is 2.45. The first-order chi connectivity index (χ1) is 24.2. The van der Waals surface area contributed by atoms with Gasteiger partial charge in [0.1, 0.15) is 0 Å². The third kappa shape index (κ3) is 5.62. The van der Waals surface area contributed by atoms with Crippen LogP contribution in [0.15, 0.2) is 72.8 Å². The minimum atomic E-state index is -0.642. The number of carbonyl (C=O) groups excluding carboxylic acids is 1. The second kappa shape index (κ2) is 13.2. The van der Waals surface area contributed by atoms with Crippen LogP contribution in [0.2, 0.25) is 10.0 Å². The molecule has 0 radical (unpaired) electrons. The van der Waals surface area contributed by atoms with Gasteiger partial charge >= 0.3 is 0 Å². The average molecular weight is 714 g/mol. The quantitative estimate of drug-likeness (QED) is 0.0849. The maximum absolute atomic E-state index is 14.7. The monoisotopic (exact) mass is 712 g/mol. The van der Waals surface area contributed by atoms with Gasteiger partial charge in [-0.25, -0.2) is 0 Å². The van der Waals surface area contributed by atoms with Crippen molar-refractivity contribution in [1.29, 1.82) is 0 Å². The number of benzene rings is 4. The van der Waals surface area contributed by atoms with Gasteiger partial charge in [-0.3, -0.25) is 24.2 Å². The van der Waals surface area contributed by atoms with Gasteiger partial charge in [0.05, 0.1) is 25.4 Å². The lowest BCUT2D eigenvalue weighted by Crippen LogP contribution is -2.32. The van der Waals surface area contributed by atoms with Crippen LogP contribution in [0.5, 0.6) is 0 Å². The summed E-state index contributed by atoms with van der Waals surface area (Å²) in [6, 6.07) is 21.4. The number of halogens is 4. The Bertz CT molecular complexity index is 2130. The number of aromatic amines is 2. The first-order valence-electron chi connectivity index (χ1n) is 16.8. The van der Waals surface area contributed by atoms with Crippen LogP contribution in [0.1, 0.15) is 70.4 Å². The number of nitrogens with one attached hydrogen (secondary N) is 4. The maximum Gasteiger partial charge on any atom is 0.175 e. The Morgan fingerprint density at radius 2 is 1.12 bits per heavy atom. The van der Waals surface area contributed by atoms with E-state index in [-0.39, 0.29) is 30.7 Å². The summed E-state index contributed by atoms with van der Waals surface area (Å²) < 4.78 is 26.0. The van der Waals surface area contributed by atoms with Gasteiger partial charge in [0.15, 0.2) is 5.78 Å². The largest absolute Gasteiger partial charge is 0.355 e. The normalized spacial score (nSPS) is 18.1. The van der Waals surface area contributed by atoms with Crippen molar-refractivity contribution in [3.05, 3.63) is 116 Å². The van der Waals surface area contributed by atoms with Gasteiger partial charge in [-0.2, -0.15) is 0 Å². The number of rotatable bonds is 10. The van der Waals surface area contributed by atoms with Gasteiger partial charge in [0, 0.05) is 79.5 Å². The lowest BCUT2D eigenvalue weighted by molar-refractivity contribution is -0.123. The molecule has 7 nitrogen and oxygen atoms in total. The van der Waals surface area contributed by atoms with E-state index in [1.54, 1.807) is 0 Å². The summed E-state index contributed by atoms with van der Waals surface area (Å²) >= 11 is 13.5. The molecule has 50 heavy (non-hydrogen) atoms. The van der Waals surface area contributed by atoms with Crippen molar-refractivity contribution in [3.63, 3.8) is 0 Å². The van der Waals surface area contributed by atoms with E-state index in [9.17, 15) is 13.6 Å². The van der Waals surface area contributed by atoms with E-state index in [0.717, 1.165) is 77.7 Å². The highest BCUT2D eigenvalue weighted by atomic mass is 35.5. The molecule has 8 rings (SSSR count). The molecule has 0 amide bonds. The second-order valence-electron chi connectivity index (χ2n) is 13.2. The minimum Gasteiger partial charge on any atom is -0.355 e. The minimum absolute atomic E-state index is 0.0410. The fraction of sp³-hybridized carbons (Fsp3) is 0.256. The molecule has 0 fully saturated rings. The summed E-state index contributed by atoms with van der Waals surface area (Å²) in [6.45, 7) is -0.0772. The molecular formula is C39H36Cl2F2N6O. The van der Waals surface area contributed by atoms with Gasteiger partial charge in [-0.15, -0.1) is 0 Å². The number of hydrogen-bond donors (Lipinski definition) is 6. The van der Waals surface area contributed by atoms with Crippen molar-refractivity contribution in [3.8, 4) is 22.5 Å². The molecule has 8 N–H and O–H groups in total. The van der Waals surface area contributed by atoms with Crippen molar-refractivity contribution in [2.45, 2.75) is 50.1 Å². The van der Waals surface area contributed by atoms with E-state index in [0.29, 0.717) is 23.1 Å². The van der Waals surface area contributed by atoms with Crippen LogP contribution in [0, 0.1) is 0 Å². The number of ketones is 1. The van der Waals surface area contributed by atoms with Crippen LogP contribution in [-0.4, -0.2) is 29.1 Å². The SMILES string of the molecule is NC(CCF)c1ccc2[nH]c(-c3ccc(Cl)c4c3C(C(=O)C3NCc5c(Cl)ccc(-c6cc7cc(C(N)CCF)ccc7[nH]6)c53)NC4)cc2c1. The summed E-state index contributed by atoms with van der Waals surface area (Å²) in [5, 5.41) is 9.99. The predicted octanol–water partition coefficient (Wildman–Crippen LogP) is 8.57. The number of aromatic nitrogens is 2. The molecule has 4 heterocycles. The molecule has 2 aromatic heterocycles. The fourth-order valence-corrected chi connectivity index (χ4v) is 8.11. The predicted molar refractivity (Wildman–Crippen MR) is 197 cm³/mol. The zero-order chi connectivity index (χ0) is 34.7. The van der Waals surface area contributed by atoms with Gasteiger partial charge < -0.3 is 21.4 Å². The third-order valence-electron chi connectivity index (χ3n) is 10.3. The van der Waals surface area contributed by atoms with E-state index >= 15 is 0 Å². The molecule has 0 saturated carbocycles. The van der Waals surface area contributed by atoms with E-state index < -0.39 is 25.4 Å². The number of H-pyrrole nitrogens is 2. The Morgan fingerprint density at radius 3 is 1.54 bits per heavy atom. The van der Waals surface area contributed by atoms with Crippen molar-refractivity contribution >= 4 is 50.8 Å². The van der Waals surface area contributed by atoms with Gasteiger partial charge in [0.2, 0.25) is 0 Å². The molecular weight excluding hydrogens is 677 g/mol. The molecule has 4 atom stereocenters. The standard InChI is InChI=1S/C39H36Cl2F2N6O/c40-27-5-3-23(33-15-21-13-19(29(44)9-11-42)1-7-31(21)48-33)35-25(27)17-46-37(35)39(50)38-36-24(4-6-28(41)26(36)18-47-38)34-16-22-14-20(30(45)10-12-43)2-8-32(22)49-34/h1-8,13-16,29-30,37-38,46-49H,9-12,17-18,44-45H2. The average Bonchev–Trinajstić information content (AvgIpc) is 3.92. The smallest absolute Gasteiger partial charge is 0.175 e. The van der Waals surface area contributed by atoms with Crippen LogP contribution in [-0.2, 0) is 17.9 Å². The lowest BCUT2D eigenvalue weighted by atomic mass is 9.87. The molecule has 4 aromatic carbocycles. The Balaban J connectivity index is 1.17. The number of Topliss-reactive ketones (excluding diaryl/α,β-unsaturated/α-hetero) is 1. The molecule has 0 spiro atoms. The number of hydrogen-bond acceptors (Lipinski definition) is 5. The summed E-state index contributed by atoms with van der Waals surface area (Å²) in [7, 11) is 0. The van der Waals surface area contributed by atoms with E-state index in [2.05, 4.69) is 20.6 Å². The molecule has 11 heteroatoms. The van der Waals surface area contributed by atoms with Crippen molar-refractivity contribution in [2.24, 2.45) is 11.5 Å². The van der Waals surface area contributed by atoms with E-state index in [4.69, 9.17) is 34.7 Å². The third-order valence-corrected chi connectivity index (χ3v) is 11.0. The van der Waals surface area contributed by atoms with Crippen LogP contribution >= 0.6 is 23.2 Å². The van der Waals surface area contributed by atoms with Gasteiger partial charge in [-0.05, 0) is 94.8 Å². The number of alkyl halides is 2. The maximum atomic E-state index is 14.7. The van der Waals surface area contributed by atoms with Crippen LogP contribution < -0.4 is 22.1 Å². The molecule has 6 aromatic rings. The summed E-state index contributed by atoms with van der Waals surface area (Å²) in [5.74, 6) is -0.0410. The molecule has 0 bridgehead atoms. The van der Waals surface area contributed by atoms with Crippen molar-refractivity contribution in [2.75, 3.05) is 13.3 Å². The molecule has 0 saturated heterocycles. The summed E-state index contributed by atoms with van der Waals surface area (Å²) in [5.41, 5.74) is 22.9. The highest BCUT2D eigenvalue weighted by molar-refractivity contribution is 6.32. The van der Waals surface area contributed by atoms with Crippen LogP contribution in [0.3, 0.4) is 0 Å². The van der Waals surface area contributed by atoms with Crippen LogP contribution in [0.25, 0.3) is 44.3 Å². The van der Waals surface area contributed by atoms with Crippen molar-refractivity contribution in [1.82, 2.24) is 20.6 Å². The summed E-state index contributed by atoms with van der Waals surface area (Å²) in [4.78, 5) is 21.8. The van der Waals surface area contributed by atoms with Crippen LogP contribution in [0.4, 0.5) is 8.78 Å². The second-order valence-corrected chi connectivity index (χ2v) is 14.0. The Morgan fingerprint density at radius 1 is 0.680 bits per heavy atom. The Labute approximate surface area is 297 Å².